The number of hydrogen-bond acceptors (Lipinski definition) is 5. The molecule has 2 heterocycles. The van der Waals surface area contributed by atoms with E-state index in [1.54, 1.807) is 6.20 Å². The van der Waals surface area contributed by atoms with Gasteiger partial charge < -0.3 is 20.2 Å². The minimum absolute atomic E-state index is 0. The van der Waals surface area contributed by atoms with E-state index in [9.17, 15) is 0 Å². The van der Waals surface area contributed by atoms with E-state index in [0.717, 1.165) is 57.1 Å². The topological polar surface area (TPSA) is 88.9 Å². The predicted molar refractivity (Wildman–Crippen MR) is 117 cm³/mol. The van der Waals surface area contributed by atoms with Crippen LogP contribution in [0.1, 0.15) is 17.9 Å². The molecule has 3 N–H and O–H groups in total. The normalized spacial score (nSPS) is 15.4. The zero-order chi connectivity index (χ0) is 18.2. The molecule has 1 aliphatic rings. The van der Waals surface area contributed by atoms with Crippen molar-refractivity contribution in [2.45, 2.75) is 19.9 Å². The summed E-state index contributed by atoms with van der Waals surface area (Å²) in [7, 11) is 0. The first kappa shape index (κ1) is 21.6. The van der Waals surface area contributed by atoms with E-state index < -0.39 is 0 Å². The van der Waals surface area contributed by atoms with Crippen LogP contribution in [0.5, 0.6) is 0 Å². The summed E-state index contributed by atoms with van der Waals surface area (Å²) in [6, 6.07) is 8.14. The lowest BCUT2D eigenvalue weighted by atomic mass is 10.1. The van der Waals surface area contributed by atoms with Gasteiger partial charge in [0.15, 0.2) is 11.7 Å². The number of nitrogens with zero attached hydrogens (tertiary/aromatic N) is 3. The fourth-order valence-corrected chi connectivity index (χ4v) is 2.79. The minimum atomic E-state index is 0. The third-order valence-electron chi connectivity index (χ3n) is 4.34. The van der Waals surface area contributed by atoms with Gasteiger partial charge in [-0.05, 0) is 19.9 Å². The van der Waals surface area contributed by atoms with Gasteiger partial charge in [-0.1, -0.05) is 29.8 Å². The van der Waals surface area contributed by atoms with Crippen LogP contribution in [0.25, 0.3) is 11.3 Å². The van der Waals surface area contributed by atoms with E-state index in [2.05, 4.69) is 39.2 Å². The summed E-state index contributed by atoms with van der Waals surface area (Å²) >= 11 is 0. The maximum atomic E-state index is 5.91. The van der Waals surface area contributed by atoms with Crippen molar-refractivity contribution in [3.8, 4) is 11.3 Å². The number of oxazole rings is 1. The molecule has 0 aliphatic carbocycles. The molecule has 1 saturated heterocycles. The molecular formula is C19H28IN5O2. The Kier molecular flexibility index (Phi) is 9.02. The van der Waals surface area contributed by atoms with Crippen LogP contribution in [-0.4, -0.2) is 55.2 Å². The number of aromatic nitrogens is 1. The van der Waals surface area contributed by atoms with Gasteiger partial charge in [-0.25, -0.2) is 9.98 Å². The summed E-state index contributed by atoms with van der Waals surface area (Å²) in [5, 5.41) is 3.14. The van der Waals surface area contributed by atoms with E-state index in [-0.39, 0.29) is 24.0 Å². The second-order valence-corrected chi connectivity index (χ2v) is 6.42. The van der Waals surface area contributed by atoms with Crippen molar-refractivity contribution in [1.29, 1.82) is 0 Å². The first-order chi connectivity index (χ1) is 12.7. The van der Waals surface area contributed by atoms with E-state index in [1.807, 2.05) is 12.1 Å². The number of aliphatic imine (C=N–C) groups is 1. The Morgan fingerprint density at radius 2 is 2.00 bits per heavy atom. The van der Waals surface area contributed by atoms with E-state index in [4.69, 9.17) is 14.9 Å². The average molecular weight is 485 g/mol. The monoisotopic (exact) mass is 485 g/mol. The Morgan fingerprint density at radius 3 is 2.74 bits per heavy atom. The molecule has 2 aromatic rings. The van der Waals surface area contributed by atoms with E-state index in [1.165, 1.54) is 5.56 Å². The van der Waals surface area contributed by atoms with Gasteiger partial charge in [0.2, 0.25) is 5.89 Å². The van der Waals surface area contributed by atoms with Gasteiger partial charge in [0.25, 0.3) is 0 Å². The van der Waals surface area contributed by atoms with Crippen LogP contribution in [0.2, 0.25) is 0 Å². The van der Waals surface area contributed by atoms with Crippen LogP contribution in [0.3, 0.4) is 0 Å². The van der Waals surface area contributed by atoms with Crippen molar-refractivity contribution < 1.29 is 9.15 Å². The number of nitrogens with two attached hydrogens (primary N) is 1. The van der Waals surface area contributed by atoms with E-state index >= 15 is 0 Å². The molecule has 0 bridgehead atoms. The molecule has 148 valence electrons. The molecule has 0 amide bonds. The average Bonchev–Trinajstić information content (AvgIpc) is 3.14. The molecule has 1 fully saturated rings. The van der Waals surface area contributed by atoms with Gasteiger partial charge in [-0.2, -0.15) is 0 Å². The van der Waals surface area contributed by atoms with Gasteiger partial charge in [-0.15, -0.1) is 24.0 Å². The fourth-order valence-electron chi connectivity index (χ4n) is 2.79. The van der Waals surface area contributed by atoms with Crippen LogP contribution in [0, 0.1) is 6.92 Å². The molecule has 0 unspecified atom stereocenters. The molecule has 1 aromatic heterocycles. The number of halogens is 1. The van der Waals surface area contributed by atoms with Crippen LogP contribution < -0.4 is 11.1 Å². The molecule has 0 atom stereocenters. The molecular weight excluding hydrogens is 457 g/mol. The Labute approximate surface area is 177 Å². The summed E-state index contributed by atoms with van der Waals surface area (Å²) in [5.74, 6) is 1.72. The predicted octanol–water partition coefficient (Wildman–Crippen LogP) is 2.39. The molecule has 27 heavy (non-hydrogen) atoms. The van der Waals surface area contributed by atoms with E-state index in [0.29, 0.717) is 18.4 Å². The van der Waals surface area contributed by atoms with Crippen molar-refractivity contribution in [3.63, 3.8) is 0 Å². The summed E-state index contributed by atoms with van der Waals surface area (Å²) in [6.07, 6.45) is 2.74. The van der Waals surface area contributed by atoms with Crippen molar-refractivity contribution in [2.24, 2.45) is 10.7 Å². The van der Waals surface area contributed by atoms with Gasteiger partial charge in [-0.3, -0.25) is 4.90 Å². The fraction of sp³-hybridized carbons (Fsp3) is 0.474. The number of hydrogen-bond donors (Lipinski definition) is 2. The molecule has 1 aliphatic heterocycles. The largest absolute Gasteiger partial charge is 0.439 e. The lowest BCUT2D eigenvalue weighted by molar-refractivity contribution is 0.0376. The Bertz CT molecular complexity index is 711. The van der Waals surface area contributed by atoms with Gasteiger partial charge >= 0.3 is 0 Å². The number of aryl methyl sites for hydroxylation is 1. The smallest absolute Gasteiger partial charge is 0.216 e. The molecule has 0 radical (unpaired) electrons. The first-order valence-corrected chi connectivity index (χ1v) is 9.06. The Balaban J connectivity index is 0.00000261. The highest BCUT2D eigenvalue weighted by Crippen LogP contribution is 2.20. The van der Waals surface area contributed by atoms with Gasteiger partial charge in [0.1, 0.15) is 6.54 Å². The number of guanidine groups is 1. The second kappa shape index (κ2) is 11.3. The molecule has 8 heteroatoms. The molecule has 3 rings (SSSR count). The highest BCUT2D eigenvalue weighted by molar-refractivity contribution is 14.0. The van der Waals surface area contributed by atoms with Gasteiger partial charge in [0, 0.05) is 25.2 Å². The molecule has 0 spiro atoms. The summed E-state index contributed by atoms with van der Waals surface area (Å²) < 4.78 is 11.1. The molecule has 1 aromatic carbocycles. The lowest BCUT2D eigenvalue weighted by Gasteiger charge is -2.26. The number of rotatable bonds is 7. The van der Waals surface area contributed by atoms with Crippen LogP contribution in [0.4, 0.5) is 0 Å². The number of nitrogens with one attached hydrogen (secondary N) is 1. The Morgan fingerprint density at radius 1 is 1.26 bits per heavy atom. The SMILES string of the molecule is Cc1ccc(-c2cnc(CN=C(N)NCCCN3CCOCC3)o2)cc1.I. The zero-order valence-electron chi connectivity index (χ0n) is 15.7. The lowest BCUT2D eigenvalue weighted by Crippen LogP contribution is -2.39. The standard InChI is InChI=1S/C19H27N5O2.HI/c1-15-3-5-16(6-4-15)17-13-22-18(26-17)14-23-19(20)21-7-2-8-24-9-11-25-12-10-24;/h3-6,13H,2,7-12,14H2,1H3,(H3,20,21,23);1H. The zero-order valence-corrected chi connectivity index (χ0v) is 18.0. The summed E-state index contributed by atoms with van der Waals surface area (Å²) in [5.41, 5.74) is 8.13. The van der Waals surface area contributed by atoms with Crippen molar-refractivity contribution >= 4 is 29.9 Å². The number of benzene rings is 1. The molecule has 0 saturated carbocycles. The van der Waals surface area contributed by atoms with Crippen molar-refractivity contribution in [3.05, 3.63) is 41.9 Å². The third kappa shape index (κ3) is 7.11. The quantitative estimate of drug-likeness (QED) is 0.271. The Hall–Kier alpha value is -1.65. The van der Waals surface area contributed by atoms with Crippen LogP contribution in [-0.2, 0) is 11.3 Å². The summed E-state index contributed by atoms with van der Waals surface area (Å²) in [4.78, 5) is 11.0. The highest BCUT2D eigenvalue weighted by atomic mass is 127. The minimum Gasteiger partial charge on any atom is -0.439 e. The van der Waals surface area contributed by atoms with Gasteiger partial charge in [0.05, 0.1) is 19.4 Å². The van der Waals surface area contributed by atoms with Crippen molar-refractivity contribution in [1.82, 2.24) is 15.2 Å². The van der Waals surface area contributed by atoms with Crippen LogP contribution in [0.15, 0.2) is 39.9 Å². The number of ether oxygens (including phenoxy) is 1. The highest BCUT2D eigenvalue weighted by Gasteiger charge is 2.09. The maximum Gasteiger partial charge on any atom is 0.216 e. The molecule has 7 nitrogen and oxygen atoms in total. The second-order valence-electron chi connectivity index (χ2n) is 6.42. The number of morpholine rings is 1. The summed E-state index contributed by atoms with van der Waals surface area (Å²) in [6.45, 7) is 7.91. The maximum absolute atomic E-state index is 5.91. The van der Waals surface area contributed by atoms with Crippen molar-refractivity contribution in [2.75, 3.05) is 39.4 Å². The van der Waals surface area contributed by atoms with Crippen LogP contribution >= 0.6 is 24.0 Å². The first-order valence-electron chi connectivity index (χ1n) is 9.06. The third-order valence-corrected chi connectivity index (χ3v) is 4.34.